The molecule has 0 amide bonds. The van der Waals surface area contributed by atoms with E-state index in [2.05, 4.69) is 54.1 Å². The average Bonchev–Trinajstić information content (AvgIpc) is 3.46. The third kappa shape index (κ3) is 2.73. The lowest BCUT2D eigenvalue weighted by molar-refractivity contribution is -0.319. The van der Waals surface area contributed by atoms with Crippen LogP contribution in [0.15, 0.2) is 24.3 Å². The van der Waals surface area contributed by atoms with Gasteiger partial charge in [-0.15, -0.1) is 0 Å². The van der Waals surface area contributed by atoms with Crippen molar-refractivity contribution in [2.45, 2.75) is 87.2 Å². The van der Waals surface area contributed by atoms with Gasteiger partial charge in [-0.2, -0.15) is 0 Å². The molecule has 3 aliphatic carbocycles. The number of aromatic nitrogens is 2. The number of aliphatic hydroxyl groups excluding tert-OH is 1. The van der Waals surface area contributed by atoms with Crippen molar-refractivity contribution in [1.82, 2.24) is 14.9 Å². The van der Waals surface area contributed by atoms with Crippen LogP contribution >= 0.6 is 0 Å². The molecule has 5 unspecified atom stereocenters. The first-order valence-corrected chi connectivity index (χ1v) is 13.3. The number of anilines is 1. The van der Waals surface area contributed by atoms with Gasteiger partial charge in [0.15, 0.2) is 5.95 Å². The third-order valence-corrected chi connectivity index (χ3v) is 11.0. The molecule has 2 aromatic rings. The number of benzene rings is 1. The number of ether oxygens (including phenoxy) is 1. The Bertz CT molecular complexity index is 1240. The fraction of sp³-hybridized carbons (Fsp3) is 0.679. The van der Waals surface area contributed by atoms with Crippen LogP contribution in [-0.4, -0.2) is 68.1 Å². The van der Waals surface area contributed by atoms with E-state index in [9.17, 15) is 10.2 Å². The number of hydrogen-bond donors (Lipinski definition) is 4. The summed E-state index contributed by atoms with van der Waals surface area (Å²) in [4.78, 5) is 9.70. The van der Waals surface area contributed by atoms with Gasteiger partial charge < -0.3 is 30.6 Å². The zero-order chi connectivity index (χ0) is 24.4. The summed E-state index contributed by atoms with van der Waals surface area (Å²) in [7, 11) is 4.12. The maximum Gasteiger partial charge on any atom is 0.198 e. The number of aliphatic hydroxyl groups is 2. The highest BCUT2D eigenvalue weighted by molar-refractivity contribution is 5.84. The number of allylic oxidation sites excluding steroid dienone is 2. The number of imidazole rings is 1. The highest BCUT2D eigenvalue weighted by Gasteiger charge is 2.75. The number of rotatable bonds is 2. The van der Waals surface area contributed by atoms with Crippen molar-refractivity contribution in [1.29, 1.82) is 0 Å². The summed E-state index contributed by atoms with van der Waals surface area (Å²) in [6.07, 6.45) is 8.88. The molecule has 0 radical (unpaired) electrons. The maximum atomic E-state index is 12.3. The predicted molar refractivity (Wildman–Crippen MR) is 135 cm³/mol. The smallest absolute Gasteiger partial charge is 0.198 e. The van der Waals surface area contributed by atoms with Crippen LogP contribution in [0, 0.1) is 17.3 Å². The highest BCUT2D eigenvalue weighted by Crippen LogP contribution is 2.71. The van der Waals surface area contributed by atoms with Crippen molar-refractivity contribution < 1.29 is 14.9 Å². The van der Waals surface area contributed by atoms with Crippen molar-refractivity contribution in [3.63, 3.8) is 0 Å². The topological polar surface area (TPSA) is 108 Å². The Morgan fingerprint density at radius 3 is 2.80 bits per heavy atom. The van der Waals surface area contributed by atoms with Crippen LogP contribution in [0.2, 0.25) is 0 Å². The molecule has 7 rings (SSSR count). The molecule has 2 saturated heterocycles. The molecule has 8 atom stereocenters. The number of nitrogen functional groups attached to an aromatic ring is 1. The van der Waals surface area contributed by atoms with Crippen molar-refractivity contribution in [2.24, 2.45) is 17.3 Å². The first-order chi connectivity index (χ1) is 16.6. The van der Waals surface area contributed by atoms with Gasteiger partial charge in [0.05, 0.1) is 28.3 Å². The predicted octanol–water partition coefficient (Wildman–Crippen LogP) is 3.47. The minimum Gasteiger partial charge on any atom is -0.391 e. The fourth-order valence-electron chi connectivity index (χ4n) is 9.24. The maximum absolute atomic E-state index is 12.3. The van der Waals surface area contributed by atoms with Gasteiger partial charge >= 0.3 is 0 Å². The van der Waals surface area contributed by atoms with Crippen LogP contribution in [0.4, 0.5) is 5.95 Å². The minimum absolute atomic E-state index is 0.0566. The third-order valence-electron chi connectivity index (χ3n) is 11.0. The van der Waals surface area contributed by atoms with Crippen molar-refractivity contribution in [3.05, 3.63) is 29.8 Å². The van der Waals surface area contributed by atoms with Crippen LogP contribution in [0.5, 0.6) is 0 Å². The lowest BCUT2D eigenvalue weighted by Gasteiger charge is -2.64. The van der Waals surface area contributed by atoms with Crippen LogP contribution in [0.25, 0.3) is 16.6 Å². The van der Waals surface area contributed by atoms with Crippen LogP contribution in [0.3, 0.4) is 0 Å². The fourth-order valence-corrected chi connectivity index (χ4v) is 9.24. The number of nitrogens with one attached hydrogen (secondary N) is 1. The molecule has 2 aliphatic heterocycles. The van der Waals surface area contributed by atoms with Gasteiger partial charge in [-0.3, -0.25) is 0 Å². The molecule has 4 fully saturated rings. The monoisotopic (exact) mass is 478 g/mol. The summed E-state index contributed by atoms with van der Waals surface area (Å²) < 4.78 is 7.30. The number of nitrogens with two attached hydrogens (primary N) is 1. The highest BCUT2D eigenvalue weighted by atomic mass is 16.6. The number of H-pyrrole nitrogens is 1. The Hall–Kier alpha value is -1.93. The summed E-state index contributed by atoms with van der Waals surface area (Å²) in [6.45, 7) is 2.39. The Labute approximate surface area is 206 Å². The number of hydrogen-bond acceptors (Lipinski definition) is 6. The largest absolute Gasteiger partial charge is 0.391 e. The molecular weight excluding hydrogens is 440 g/mol. The lowest BCUT2D eigenvalue weighted by atomic mass is 9.51. The second-order valence-corrected chi connectivity index (χ2v) is 12.7. The SMILES string of the molecule is CN(C)[C@H]1C[C@@]23CC[C@]4(O2)C2CC=C(c5ccc6nc(N)[nH]c6c5)C2(C)CCC4(O)CC3CC1O. The van der Waals surface area contributed by atoms with Gasteiger partial charge in [-0.25, -0.2) is 4.98 Å². The summed E-state index contributed by atoms with van der Waals surface area (Å²) in [5.41, 5.74) is 8.70. The summed E-state index contributed by atoms with van der Waals surface area (Å²) in [5.74, 6) is 0.912. The van der Waals surface area contributed by atoms with Crippen molar-refractivity contribution in [3.8, 4) is 0 Å². The minimum atomic E-state index is -0.822. The number of nitrogens with zero attached hydrogens (tertiary/aromatic N) is 2. The zero-order valence-electron chi connectivity index (χ0n) is 21.1. The molecule has 2 spiro atoms. The van der Waals surface area contributed by atoms with E-state index >= 15 is 0 Å². The second kappa shape index (κ2) is 6.88. The van der Waals surface area contributed by atoms with Gasteiger partial charge in [0.25, 0.3) is 0 Å². The molecule has 2 saturated carbocycles. The molecule has 1 aromatic carbocycles. The van der Waals surface area contributed by atoms with Crippen molar-refractivity contribution >= 4 is 22.6 Å². The molecule has 5 N–H and O–H groups in total. The van der Waals surface area contributed by atoms with Gasteiger partial charge in [0.2, 0.25) is 0 Å². The van der Waals surface area contributed by atoms with Crippen molar-refractivity contribution in [2.75, 3.05) is 19.8 Å². The van der Waals surface area contributed by atoms with E-state index < -0.39 is 11.2 Å². The van der Waals surface area contributed by atoms with E-state index in [4.69, 9.17) is 10.5 Å². The molecule has 5 aliphatic rings. The Morgan fingerprint density at radius 2 is 2.00 bits per heavy atom. The summed E-state index contributed by atoms with van der Waals surface area (Å²) in [6, 6.07) is 6.49. The Balaban J connectivity index is 1.26. The van der Waals surface area contributed by atoms with Gasteiger partial charge in [-0.1, -0.05) is 19.1 Å². The standard InChI is InChI=1S/C28H38N4O3/c1-25-8-10-27(34)14-17-13-22(33)21(32(2)3)15-26(17)9-11-28(27,35-26)23(25)7-5-18(25)16-4-6-19-20(12-16)31-24(29)30-19/h4-6,12,17,21-23,33-34H,7-11,13-15H2,1-3H3,(H3,29,30,31)/t17?,21-,22?,23?,25?,26+,27?,28-/m0/s1. The Kier molecular flexibility index (Phi) is 4.38. The van der Waals surface area contributed by atoms with E-state index in [1.54, 1.807) is 0 Å². The average molecular weight is 479 g/mol. The van der Waals surface area contributed by atoms with E-state index in [-0.39, 0.29) is 35.0 Å². The Morgan fingerprint density at radius 1 is 1.17 bits per heavy atom. The number of likely N-dealkylation sites (N-methyl/N-ethyl adjacent to an activating group) is 1. The first kappa shape index (κ1) is 22.3. The van der Waals surface area contributed by atoms with Gasteiger partial charge in [-0.05, 0) is 100 Å². The molecule has 1 aromatic heterocycles. The van der Waals surface area contributed by atoms with Gasteiger partial charge in [0.1, 0.15) is 5.60 Å². The molecule has 2 bridgehead atoms. The number of fused-ring (bicyclic) bond motifs is 2. The molecule has 35 heavy (non-hydrogen) atoms. The second-order valence-electron chi connectivity index (χ2n) is 12.7. The van der Waals surface area contributed by atoms with Crippen LogP contribution in [0.1, 0.15) is 63.9 Å². The zero-order valence-corrected chi connectivity index (χ0v) is 21.1. The van der Waals surface area contributed by atoms with E-state index in [0.29, 0.717) is 5.95 Å². The lowest BCUT2D eigenvalue weighted by Crippen LogP contribution is -2.71. The van der Waals surface area contributed by atoms with E-state index in [1.807, 2.05) is 6.07 Å². The van der Waals surface area contributed by atoms with E-state index in [0.717, 1.165) is 62.4 Å². The van der Waals surface area contributed by atoms with E-state index in [1.165, 1.54) is 11.1 Å². The molecule has 3 heterocycles. The molecule has 7 nitrogen and oxygen atoms in total. The normalized spacial score (nSPS) is 46.4. The summed E-state index contributed by atoms with van der Waals surface area (Å²) in [5, 5.41) is 23.2. The molecule has 188 valence electrons. The quantitative estimate of drug-likeness (QED) is 0.527. The van der Waals surface area contributed by atoms with Gasteiger partial charge in [0, 0.05) is 12.0 Å². The molecule has 7 heteroatoms. The molecular formula is C28H38N4O3. The van der Waals surface area contributed by atoms with Crippen LogP contribution in [-0.2, 0) is 4.74 Å². The summed E-state index contributed by atoms with van der Waals surface area (Å²) >= 11 is 0. The first-order valence-electron chi connectivity index (χ1n) is 13.3. The number of aromatic amines is 1. The van der Waals surface area contributed by atoms with Crippen LogP contribution < -0.4 is 5.73 Å².